The number of aromatic amines is 2. The minimum absolute atomic E-state index is 0.151. The van der Waals surface area contributed by atoms with Crippen molar-refractivity contribution in [2.75, 3.05) is 7.11 Å². The Bertz CT molecular complexity index is 1210. The number of rotatable bonds is 5. The van der Waals surface area contributed by atoms with E-state index in [0.29, 0.717) is 38.5 Å². The Kier molecular flexibility index (Phi) is 5.06. The second kappa shape index (κ2) is 7.65. The quantitative estimate of drug-likeness (QED) is 0.475. The molecule has 0 unspecified atom stereocenters. The summed E-state index contributed by atoms with van der Waals surface area (Å²) >= 11 is 7.48. The first-order valence-electron chi connectivity index (χ1n) is 8.47. The molecular weight excluding hydrogens is 398 g/mol. The van der Waals surface area contributed by atoms with Gasteiger partial charge in [0.25, 0.3) is 5.56 Å². The van der Waals surface area contributed by atoms with Crippen molar-refractivity contribution in [2.24, 2.45) is 0 Å². The fourth-order valence-corrected chi connectivity index (χ4v) is 3.75. The number of aromatic nitrogens is 5. The van der Waals surface area contributed by atoms with E-state index in [0.717, 1.165) is 5.56 Å². The highest BCUT2D eigenvalue weighted by atomic mass is 35.5. The van der Waals surface area contributed by atoms with Crippen LogP contribution in [0.3, 0.4) is 0 Å². The third-order valence-corrected chi connectivity index (χ3v) is 5.39. The van der Waals surface area contributed by atoms with Gasteiger partial charge in [0.15, 0.2) is 5.82 Å². The minimum atomic E-state index is -0.160. The van der Waals surface area contributed by atoms with Gasteiger partial charge in [0.1, 0.15) is 11.6 Å². The number of para-hydroxylation sites is 1. The van der Waals surface area contributed by atoms with E-state index in [2.05, 4.69) is 25.1 Å². The SMILES string of the molecule is COc1ccc(Cl)cc1-c1nc(S[C@H](C)c2nc3ccccc3c(=O)[nH]2)n[nH]1. The third-order valence-electron chi connectivity index (χ3n) is 4.18. The van der Waals surface area contributed by atoms with Gasteiger partial charge in [0.05, 0.1) is 28.8 Å². The molecule has 4 aromatic rings. The Labute approximate surface area is 169 Å². The largest absolute Gasteiger partial charge is 0.496 e. The summed E-state index contributed by atoms with van der Waals surface area (Å²) in [5, 5.41) is 8.69. The Morgan fingerprint density at radius 2 is 2.00 bits per heavy atom. The molecule has 2 heterocycles. The van der Waals surface area contributed by atoms with Crippen LogP contribution in [0.5, 0.6) is 5.75 Å². The highest BCUT2D eigenvalue weighted by Crippen LogP contribution is 2.34. The van der Waals surface area contributed by atoms with Gasteiger partial charge in [-0.25, -0.2) is 9.97 Å². The topological polar surface area (TPSA) is 96.6 Å². The molecule has 142 valence electrons. The average Bonchev–Trinajstić information content (AvgIpc) is 3.16. The molecule has 2 aromatic heterocycles. The Morgan fingerprint density at radius 3 is 2.82 bits per heavy atom. The maximum atomic E-state index is 12.3. The molecule has 2 N–H and O–H groups in total. The normalized spacial score (nSPS) is 12.2. The molecule has 2 aromatic carbocycles. The number of methoxy groups -OCH3 is 1. The van der Waals surface area contributed by atoms with Gasteiger partial charge in [-0.05, 0) is 37.3 Å². The van der Waals surface area contributed by atoms with Crippen LogP contribution < -0.4 is 10.3 Å². The first-order valence-corrected chi connectivity index (χ1v) is 9.73. The summed E-state index contributed by atoms with van der Waals surface area (Å²) in [7, 11) is 1.59. The fraction of sp³-hybridized carbons (Fsp3) is 0.158. The van der Waals surface area contributed by atoms with Crippen molar-refractivity contribution in [1.82, 2.24) is 25.1 Å². The molecular formula is C19H16ClN5O2S. The summed E-state index contributed by atoms with van der Waals surface area (Å²) < 4.78 is 5.37. The van der Waals surface area contributed by atoms with Gasteiger partial charge >= 0.3 is 0 Å². The summed E-state index contributed by atoms with van der Waals surface area (Å²) in [5.41, 5.74) is 1.22. The van der Waals surface area contributed by atoms with Gasteiger partial charge < -0.3 is 9.72 Å². The van der Waals surface area contributed by atoms with E-state index in [1.165, 1.54) is 11.8 Å². The number of nitrogens with zero attached hydrogens (tertiary/aromatic N) is 3. The molecule has 1 atom stereocenters. The molecule has 0 spiro atoms. The van der Waals surface area contributed by atoms with E-state index in [4.69, 9.17) is 16.3 Å². The van der Waals surface area contributed by atoms with Crippen LogP contribution in [0, 0.1) is 0 Å². The number of halogens is 1. The summed E-state index contributed by atoms with van der Waals surface area (Å²) in [6.07, 6.45) is 0. The van der Waals surface area contributed by atoms with Crippen LogP contribution in [0.15, 0.2) is 52.4 Å². The van der Waals surface area contributed by atoms with Gasteiger partial charge in [0, 0.05) is 5.02 Å². The van der Waals surface area contributed by atoms with Crippen LogP contribution in [0.2, 0.25) is 5.02 Å². The highest BCUT2D eigenvalue weighted by molar-refractivity contribution is 7.99. The van der Waals surface area contributed by atoms with Crippen molar-refractivity contribution in [2.45, 2.75) is 17.3 Å². The molecule has 0 fully saturated rings. The van der Waals surface area contributed by atoms with Gasteiger partial charge in [-0.15, -0.1) is 5.10 Å². The molecule has 0 saturated heterocycles. The standard InChI is InChI=1S/C19H16ClN5O2S/c1-10(16-21-14-6-4-3-5-12(14)18(26)22-16)28-19-23-17(24-25-19)13-9-11(20)7-8-15(13)27-2/h3-10H,1-2H3,(H,21,22,26)(H,23,24,25)/t10-/m1/s1. The first-order chi connectivity index (χ1) is 13.5. The number of ether oxygens (including phenoxy) is 1. The van der Waals surface area contributed by atoms with Crippen molar-refractivity contribution < 1.29 is 4.74 Å². The minimum Gasteiger partial charge on any atom is -0.496 e. The van der Waals surface area contributed by atoms with Crippen molar-refractivity contribution in [3.63, 3.8) is 0 Å². The molecule has 0 aliphatic carbocycles. The number of H-pyrrole nitrogens is 2. The lowest BCUT2D eigenvalue weighted by Gasteiger charge is -2.09. The number of hydrogen-bond acceptors (Lipinski definition) is 6. The second-order valence-electron chi connectivity index (χ2n) is 6.04. The molecule has 7 nitrogen and oxygen atoms in total. The summed E-state index contributed by atoms with van der Waals surface area (Å²) in [5.74, 6) is 1.76. The van der Waals surface area contributed by atoms with Crippen LogP contribution in [-0.2, 0) is 0 Å². The Balaban J connectivity index is 1.61. The van der Waals surface area contributed by atoms with Crippen LogP contribution >= 0.6 is 23.4 Å². The van der Waals surface area contributed by atoms with Gasteiger partial charge in [-0.3, -0.25) is 9.89 Å². The van der Waals surface area contributed by atoms with Crippen LogP contribution in [0.25, 0.3) is 22.3 Å². The number of benzene rings is 2. The molecule has 4 rings (SSSR count). The number of nitrogens with one attached hydrogen (secondary N) is 2. The lowest BCUT2D eigenvalue weighted by atomic mass is 10.2. The van der Waals surface area contributed by atoms with Crippen molar-refractivity contribution in [3.8, 4) is 17.1 Å². The second-order valence-corrected chi connectivity index (χ2v) is 7.78. The number of fused-ring (bicyclic) bond motifs is 1. The number of hydrogen-bond donors (Lipinski definition) is 2. The molecule has 28 heavy (non-hydrogen) atoms. The first kappa shape index (κ1) is 18.5. The van der Waals surface area contributed by atoms with Crippen molar-refractivity contribution in [1.29, 1.82) is 0 Å². The van der Waals surface area contributed by atoms with Gasteiger partial charge in [-0.2, -0.15) is 0 Å². The van der Waals surface area contributed by atoms with Gasteiger partial charge in [-0.1, -0.05) is 35.5 Å². The number of thioether (sulfide) groups is 1. The van der Waals surface area contributed by atoms with E-state index >= 15 is 0 Å². The molecule has 0 saturated carbocycles. The molecule has 0 amide bonds. The third kappa shape index (κ3) is 3.61. The fourth-order valence-electron chi connectivity index (χ4n) is 2.80. The Hall–Kier alpha value is -2.84. The predicted octanol–water partition coefficient (Wildman–Crippen LogP) is 4.22. The van der Waals surface area contributed by atoms with Crippen molar-refractivity contribution in [3.05, 3.63) is 63.7 Å². The van der Waals surface area contributed by atoms with Crippen LogP contribution in [-0.4, -0.2) is 32.3 Å². The zero-order valence-corrected chi connectivity index (χ0v) is 16.6. The van der Waals surface area contributed by atoms with E-state index in [1.54, 1.807) is 31.4 Å². The van der Waals surface area contributed by atoms with E-state index in [9.17, 15) is 4.79 Å². The maximum absolute atomic E-state index is 12.3. The zero-order valence-electron chi connectivity index (χ0n) is 15.1. The summed E-state index contributed by atoms with van der Waals surface area (Å²) in [4.78, 5) is 24.2. The van der Waals surface area contributed by atoms with Crippen LogP contribution in [0.1, 0.15) is 18.0 Å². The lowest BCUT2D eigenvalue weighted by molar-refractivity contribution is 0.416. The van der Waals surface area contributed by atoms with Crippen molar-refractivity contribution >= 4 is 34.3 Å². The predicted molar refractivity (Wildman–Crippen MR) is 110 cm³/mol. The average molecular weight is 414 g/mol. The van der Waals surface area contributed by atoms with E-state index in [-0.39, 0.29) is 10.8 Å². The summed E-state index contributed by atoms with van der Waals surface area (Å²) in [6, 6.07) is 12.5. The highest BCUT2D eigenvalue weighted by Gasteiger charge is 2.17. The van der Waals surface area contributed by atoms with E-state index in [1.807, 2.05) is 25.1 Å². The maximum Gasteiger partial charge on any atom is 0.258 e. The zero-order chi connectivity index (χ0) is 19.7. The molecule has 0 radical (unpaired) electrons. The van der Waals surface area contributed by atoms with Gasteiger partial charge in [0.2, 0.25) is 5.16 Å². The smallest absolute Gasteiger partial charge is 0.258 e. The monoisotopic (exact) mass is 413 g/mol. The Morgan fingerprint density at radius 1 is 1.18 bits per heavy atom. The molecule has 0 aliphatic rings. The molecule has 9 heteroatoms. The summed E-state index contributed by atoms with van der Waals surface area (Å²) in [6.45, 7) is 1.94. The lowest BCUT2D eigenvalue weighted by Crippen LogP contribution is -2.12. The van der Waals surface area contributed by atoms with E-state index < -0.39 is 0 Å². The molecule has 0 aliphatic heterocycles. The molecule has 0 bridgehead atoms. The van der Waals surface area contributed by atoms with Crippen LogP contribution in [0.4, 0.5) is 0 Å².